The van der Waals surface area contributed by atoms with Crippen molar-refractivity contribution in [1.29, 1.82) is 0 Å². The lowest BCUT2D eigenvalue weighted by molar-refractivity contribution is -0.310. The van der Waals surface area contributed by atoms with Crippen LogP contribution in [0, 0.1) is 45.8 Å². The molecule has 11 nitrogen and oxygen atoms in total. The smallest absolute Gasteiger partial charge is 0.481 e. The average Bonchev–Trinajstić information content (AvgIpc) is 3.74. The van der Waals surface area contributed by atoms with Crippen LogP contribution in [-0.4, -0.2) is 73.9 Å². The number of aldehydes is 1. The first kappa shape index (κ1) is 39.0. The highest BCUT2D eigenvalue weighted by molar-refractivity contribution is 5.90. The number of fused-ring (bicyclic) bond motifs is 2. The van der Waals surface area contributed by atoms with Gasteiger partial charge < -0.3 is 38.3 Å². The number of ether oxygens (including phenoxy) is 6. The summed E-state index contributed by atoms with van der Waals surface area (Å²) in [6.45, 7) is 9.80. The van der Waals surface area contributed by atoms with Gasteiger partial charge in [-0.15, -0.1) is 0 Å². The fraction of sp³-hybridized carbons (Fsp3) is 0.721. The van der Waals surface area contributed by atoms with Gasteiger partial charge in [0.1, 0.15) is 24.4 Å². The van der Waals surface area contributed by atoms with E-state index in [4.69, 9.17) is 29.8 Å². The maximum Gasteiger partial charge on any atom is 0.509 e. The molecule has 1 aromatic rings. The minimum atomic E-state index is -1.49. The molecule has 0 radical (unpaired) electrons. The van der Waals surface area contributed by atoms with Crippen molar-refractivity contribution in [2.24, 2.45) is 45.8 Å². The number of carbonyl (C=O) groups excluding carboxylic acids is 3. The van der Waals surface area contributed by atoms with Gasteiger partial charge in [0.25, 0.3) is 0 Å². The molecule has 3 saturated carbocycles. The van der Waals surface area contributed by atoms with E-state index in [1.54, 1.807) is 19.1 Å². The molecule has 0 aromatic heterocycles. The number of benzene rings is 1. The molecule has 1 saturated heterocycles. The molecular formula is C43H60O11. The SMILES string of the molecule is [2H]C(CCCCCC)C(=O)O[C@@H]1[C@H](OC)[C@@H](C)OC(OCC23CC4C(C)CCC4C4(C=O)CC2C=C(C(C)C)C43C(=O)O)[C@H]1OC(=O)OCc1ccccc1. The first-order chi connectivity index (χ1) is 26.3. The van der Waals surface area contributed by atoms with Crippen LogP contribution in [0.1, 0.15) is 106 Å². The number of carboxylic acids is 1. The van der Waals surface area contributed by atoms with Gasteiger partial charge in [0.2, 0.25) is 0 Å². The largest absolute Gasteiger partial charge is 0.509 e. The van der Waals surface area contributed by atoms with Crippen LogP contribution in [0.4, 0.5) is 4.79 Å². The molecule has 5 aliphatic rings. The van der Waals surface area contributed by atoms with Gasteiger partial charge in [-0.1, -0.05) is 102 Å². The Bertz CT molecular complexity index is 1580. The van der Waals surface area contributed by atoms with Crippen LogP contribution in [0.2, 0.25) is 0 Å². The highest BCUT2D eigenvalue weighted by Crippen LogP contribution is 2.82. The highest BCUT2D eigenvalue weighted by Gasteiger charge is 2.84. The molecular weight excluding hydrogens is 692 g/mol. The molecule has 1 N–H and O–H groups in total. The summed E-state index contributed by atoms with van der Waals surface area (Å²) in [5.74, 6) is -1.76. The van der Waals surface area contributed by atoms with Gasteiger partial charge >= 0.3 is 18.1 Å². The molecule has 11 heteroatoms. The molecule has 1 aromatic carbocycles. The number of rotatable bonds is 17. The van der Waals surface area contributed by atoms with E-state index in [1.165, 1.54) is 7.11 Å². The van der Waals surface area contributed by atoms with E-state index >= 15 is 0 Å². The molecule has 54 heavy (non-hydrogen) atoms. The maximum atomic E-state index is 14.0. The van der Waals surface area contributed by atoms with Gasteiger partial charge in [-0.05, 0) is 67.8 Å². The lowest BCUT2D eigenvalue weighted by Crippen LogP contribution is -2.65. The van der Waals surface area contributed by atoms with E-state index in [-0.39, 0.29) is 36.9 Å². The maximum absolute atomic E-state index is 14.0. The van der Waals surface area contributed by atoms with Crippen molar-refractivity contribution in [3.05, 3.63) is 47.5 Å². The van der Waals surface area contributed by atoms with Crippen molar-refractivity contribution in [3.8, 4) is 0 Å². The first-order valence-electron chi connectivity index (χ1n) is 20.6. The third-order valence-electron chi connectivity index (χ3n) is 13.7. The predicted octanol–water partition coefficient (Wildman–Crippen LogP) is 7.68. The fourth-order valence-corrected chi connectivity index (χ4v) is 11.4. The molecule has 6 rings (SSSR count). The number of carbonyl (C=O) groups is 4. The van der Waals surface area contributed by atoms with E-state index in [2.05, 4.69) is 19.9 Å². The molecule has 4 fully saturated rings. The minimum absolute atomic E-state index is 0.0517. The van der Waals surface area contributed by atoms with Crippen LogP contribution in [0.3, 0.4) is 0 Å². The van der Waals surface area contributed by atoms with Gasteiger partial charge in [0.05, 0.1) is 18.1 Å². The normalized spacial score (nSPS) is 38.6. The zero-order valence-electron chi connectivity index (χ0n) is 33.7. The quantitative estimate of drug-likeness (QED) is 0.0724. The van der Waals surface area contributed by atoms with Crippen molar-refractivity contribution in [1.82, 2.24) is 0 Å². The summed E-state index contributed by atoms with van der Waals surface area (Å²) in [7, 11) is 1.44. The Hall–Kier alpha value is -3.28. The van der Waals surface area contributed by atoms with Crippen LogP contribution < -0.4 is 0 Å². The number of allylic oxidation sites excluding steroid dienone is 1. The van der Waals surface area contributed by atoms with E-state index < -0.39 is 71.4 Å². The Kier molecular flexibility index (Phi) is 11.9. The third kappa shape index (κ3) is 6.70. The average molecular weight is 754 g/mol. The lowest BCUT2D eigenvalue weighted by Gasteiger charge is -2.58. The topological polar surface area (TPSA) is 144 Å². The van der Waals surface area contributed by atoms with Crippen molar-refractivity contribution < 1.29 is 54.1 Å². The number of hydrogen-bond donors (Lipinski definition) is 1. The van der Waals surface area contributed by atoms with Gasteiger partial charge in [-0.2, -0.15) is 0 Å². The standard InChI is InChI=1S/C43H60O11/c1-7-8-9-10-14-17-34(45)53-36-35(49-6)28(5)52-38(37(36)54-40(48)50-23-29-15-12-11-13-16-29)51-25-42-22-31-27(4)18-19-32(31)41(24-44)21-30(42)20-33(26(2)3)43(41,42)39(46)47/h11-13,15-16,20,24,26-28,30-32,35-38H,7-10,14,17-19,21-23,25H2,1-6H3,(H,46,47)/t27?,28-,30?,31?,32?,35-,36-,37+,38?,41?,42?,43?/m1/s1/i17D/t17?,27?,28-,30?,31?,32?,35-,36-,37+,38?,41?,42?,43?. The summed E-state index contributed by atoms with van der Waals surface area (Å²) in [5, 5.41) is 11.5. The number of carboxylic acid groups (broad SMARTS) is 1. The summed E-state index contributed by atoms with van der Waals surface area (Å²) >= 11 is 0. The predicted molar refractivity (Wildman–Crippen MR) is 198 cm³/mol. The summed E-state index contributed by atoms with van der Waals surface area (Å²) in [4.78, 5) is 54.5. The van der Waals surface area contributed by atoms with Crippen molar-refractivity contribution in [3.63, 3.8) is 0 Å². The summed E-state index contributed by atoms with van der Waals surface area (Å²) < 4.78 is 44.9. The lowest BCUT2D eigenvalue weighted by atomic mass is 9.43. The number of hydrogen-bond acceptors (Lipinski definition) is 10. The van der Waals surface area contributed by atoms with Crippen molar-refractivity contribution >= 4 is 24.4 Å². The van der Waals surface area contributed by atoms with Crippen LogP contribution in [0.5, 0.6) is 0 Å². The molecule has 1 aliphatic heterocycles. The van der Waals surface area contributed by atoms with Crippen molar-refractivity contribution in [2.75, 3.05) is 13.7 Å². The second kappa shape index (κ2) is 16.4. The van der Waals surface area contributed by atoms with E-state index in [9.17, 15) is 24.3 Å². The molecule has 0 spiro atoms. The number of esters is 1. The Labute approximate surface area is 321 Å². The third-order valence-corrected chi connectivity index (χ3v) is 13.7. The zero-order valence-corrected chi connectivity index (χ0v) is 32.7. The van der Waals surface area contributed by atoms with E-state index in [0.717, 1.165) is 49.5 Å². The molecule has 298 valence electrons. The molecule has 4 bridgehead atoms. The zero-order chi connectivity index (χ0) is 39.7. The van der Waals surface area contributed by atoms with Gasteiger partial charge in [0.15, 0.2) is 18.5 Å². The Morgan fingerprint density at radius 1 is 1.02 bits per heavy atom. The van der Waals surface area contributed by atoms with Gasteiger partial charge in [0, 0.05) is 20.3 Å². The number of aliphatic carboxylic acids is 1. The molecule has 9 unspecified atom stereocenters. The van der Waals surface area contributed by atoms with Gasteiger partial charge in [-0.25, -0.2) is 4.79 Å². The summed E-state index contributed by atoms with van der Waals surface area (Å²) in [6.07, 6.45) is 1.87. The second-order valence-corrected chi connectivity index (χ2v) is 16.8. The first-order valence-corrected chi connectivity index (χ1v) is 20.0. The van der Waals surface area contributed by atoms with Crippen LogP contribution in [0.15, 0.2) is 42.0 Å². The Morgan fingerprint density at radius 2 is 1.76 bits per heavy atom. The summed E-state index contributed by atoms with van der Waals surface area (Å²) in [5.41, 5.74) is -2.07. The summed E-state index contributed by atoms with van der Waals surface area (Å²) in [6, 6.07) is 9.09. The molecule has 0 amide bonds. The fourth-order valence-electron chi connectivity index (χ4n) is 11.4. The second-order valence-electron chi connectivity index (χ2n) is 16.8. The van der Waals surface area contributed by atoms with Crippen molar-refractivity contribution in [2.45, 2.75) is 136 Å². The van der Waals surface area contributed by atoms with Crippen LogP contribution in [0.25, 0.3) is 0 Å². The Morgan fingerprint density at radius 3 is 2.43 bits per heavy atom. The highest BCUT2D eigenvalue weighted by atomic mass is 16.8. The molecule has 13 atom stereocenters. The number of methoxy groups -OCH3 is 1. The van der Waals surface area contributed by atoms with E-state index in [0.29, 0.717) is 31.6 Å². The van der Waals surface area contributed by atoms with E-state index in [1.807, 2.05) is 32.0 Å². The number of unbranched alkanes of at least 4 members (excludes halogenated alkanes) is 3. The van der Waals surface area contributed by atoms with Gasteiger partial charge in [-0.3, -0.25) is 9.59 Å². The van der Waals surface area contributed by atoms with Crippen LogP contribution >= 0.6 is 0 Å². The van der Waals surface area contributed by atoms with Crippen LogP contribution in [-0.2, 0) is 49.4 Å². The molecule has 4 aliphatic carbocycles. The Balaban J connectivity index is 1.33. The molecule has 1 heterocycles. The monoisotopic (exact) mass is 753 g/mol. The minimum Gasteiger partial charge on any atom is -0.481 e.